The quantitative estimate of drug-likeness (QED) is 0.00694. The number of methoxy groups -OCH3 is 1. The number of nitrogens with two attached hydrogens (primary N) is 3. The van der Waals surface area contributed by atoms with Gasteiger partial charge in [-0.2, -0.15) is 0 Å². The minimum absolute atomic E-state index is 0.00668. The zero-order chi connectivity index (χ0) is 65.8. The Morgan fingerprint density at radius 2 is 1.27 bits per heavy atom. The predicted molar refractivity (Wildman–Crippen MR) is 330 cm³/mol. The summed E-state index contributed by atoms with van der Waals surface area (Å²) in [4.78, 5) is 33.8. The molecule has 6 radical (unpaired) electrons. The smallest absolute Gasteiger partial charge is 0.327 e. The summed E-state index contributed by atoms with van der Waals surface area (Å²) in [5, 5.41) is 80.2. The molecule has 500 valence electrons. The summed E-state index contributed by atoms with van der Waals surface area (Å²) in [7, 11) is 21.0. The topological polar surface area (TPSA) is 466 Å². The van der Waals surface area contributed by atoms with Gasteiger partial charge in [-0.05, 0) is 75.5 Å². The lowest BCUT2D eigenvalue weighted by molar-refractivity contribution is -0.310. The molecule has 5 heterocycles. The number of guanidine groups is 2. The van der Waals surface area contributed by atoms with Crippen molar-refractivity contribution in [2.75, 3.05) is 92.1 Å². The van der Waals surface area contributed by atoms with E-state index in [-0.39, 0.29) is 96.9 Å². The van der Waals surface area contributed by atoms with Crippen molar-refractivity contribution in [1.29, 1.82) is 0 Å². The maximum atomic E-state index is 12.6. The highest BCUT2D eigenvalue weighted by Crippen LogP contribution is 2.57. The van der Waals surface area contributed by atoms with Gasteiger partial charge in [0.15, 0.2) is 52.9 Å². The SMILES string of the molecule is [B]C1CC(OP(O)(=S)OCC2OC([B])CC2OP(=S)(OCCOCCOCCN=C(C)C2(O)C(C)OC(Oc3c(O)c(O)c(NC(N)=NC)c(O)c3N=C(N)N)C2OC2OC(CO)C(O)C(O)C2C)OCC2OC([B])CC2OP(O)(=S)OCC)C(COC)O1. The highest BCUT2D eigenvalue weighted by Gasteiger charge is 2.60. The molecule has 0 spiro atoms. The average Bonchev–Trinajstić information content (AvgIpc) is 1.99. The zero-order valence-corrected chi connectivity index (χ0v) is 54.7. The van der Waals surface area contributed by atoms with Crippen LogP contribution in [0.25, 0.3) is 0 Å². The van der Waals surface area contributed by atoms with Crippen molar-refractivity contribution in [3.05, 3.63) is 0 Å². The monoisotopic (exact) mass is 1380 g/mol. The van der Waals surface area contributed by atoms with Crippen LogP contribution >= 0.6 is 20.2 Å². The van der Waals surface area contributed by atoms with Crippen molar-refractivity contribution in [1.82, 2.24) is 0 Å². The van der Waals surface area contributed by atoms with Gasteiger partial charge in [0.1, 0.15) is 59.7 Å². The van der Waals surface area contributed by atoms with E-state index in [0.29, 0.717) is 0 Å². The third-order valence-corrected chi connectivity index (χ3v) is 20.0. The van der Waals surface area contributed by atoms with Crippen LogP contribution in [0.4, 0.5) is 11.4 Å². The van der Waals surface area contributed by atoms with Gasteiger partial charge in [0, 0.05) is 43.8 Å². The van der Waals surface area contributed by atoms with Crippen molar-refractivity contribution in [3.8, 4) is 23.0 Å². The molecule has 1 aromatic carbocycles. The summed E-state index contributed by atoms with van der Waals surface area (Å²) >= 11 is 16.4. The lowest BCUT2D eigenvalue weighted by Crippen LogP contribution is -2.60. The van der Waals surface area contributed by atoms with E-state index < -0.39 is 176 Å². The van der Waals surface area contributed by atoms with Crippen LogP contribution in [0.1, 0.15) is 47.0 Å². The van der Waals surface area contributed by atoms with Gasteiger partial charge in [0.2, 0.25) is 12.0 Å². The first-order chi connectivity index (χ1) is 41.9. The van der Waals surface area contributed by atoms with Crippen molar-refractivity contribution in [2.24, 2.45) is 38.1 Å². The van der Waals surface area contributed by atoms with E-state index in [1.807, 2.05) is 0 Å². The summed E-state index contributed by atoms with van der Waals surface area (Å²) in [5.74, 6) is -5.65. The average molecular weight is 1380 g/mol. The molecule has 5 fully saturated rings. The molecule has 0 aromatic heterocycles. The Morgan fingerprint density at radius 3 is 1.83 bits per heavy atom. The van der Waals surface area contributed by atoms with E-state index in [9.17, 15) is 45.5 Å². The normalized spacial score (nSPS) is 34.7. The molecule has 42 heteroatoms. The largest absolute Gasteiger partial charge is 0.504 e. The van der Waals surface area contributed by atoms with E-state index in [0.717, 1.165) is 0 Å². The number of anilines is 1. The standard InChI is InChI=1S/C47H79B3N7O26P3S3/c1-7-70-84(65,87)81-25-15-32(49)77-30(25)20-73-86(89,83-26-16-33(50)76-29(26)19-72-85(66,88)82-24-14-31(48)75-28(24)18-67-6)71-13-12-69-11-10-68-9-8-55-22(3)47(64)23(4)74-44(42(47)80-43-21(2)36(59)37(60)27(17-58)78-43)79-41-35(56-45(51)52)38(61)34(39(62)40(41)63)57-46(53)54-5/h21,23-33,36-37,42-44,58-64H,7-20H2,1-6H3,(H,65,87)(H,66,88)(H4,51,52,56)(H3,53,54,57). The first kappa shape index (κ1) is 75.9. The molecular formula is C47H79B3N7O26P3S3. The number of hydrogen-bond donors (Lipinski definition) is 13. The minimum atomic E-state index is -3.94. The van der Waals surface area contributed by atoms with Crippen LogP contribution in [0.5, 0.6) is 23.0 Å². The molecule has 0 saturated carbocycles. The first-order valence-electron chi connectivity index (χ1n) is 27.9. The Kier molecular flexibility index (Phi) is 29.0. The molecule has 0 amide bonds. The Bertz CT molecular complexity index is 2730. The highest BCUT2D eigenvalue weighted by atomic mass is 32.5. The second-order valence-electron chi connectivity index (χ2n) is 20.7. The number of phenols is 3. The summed E-state index contributed by atoms with van der Waals surface area (Å²) in [6.07, 6.45) is -15.2. The Labute approximate surface area is 533 Å². The van der Waals surface area contributed by atoms with Gasteiger partial charge in [-0.15, -0.1) is 0 Å². The molecule has 89 heavy (non-hydrogen) atoms. The molecular weight excluding hydrogens is 1300 g/mol. The molecule has 16 N–H and O–H groups in total. The molecule has 6 rings (SSSR count). The van der Waals surface area contributed by atoms with Gasteiger partial charge in [0.25, 0.3) is 0 Å². The number of aliphatic hydroxyl groups excluding tert-OH is 3. The third-order valence-electron chi connectivity index (χ3n) is 14.4. The van der Waals surface area contributed by atoms with Crippen LogP contribution in [0.2, 0.25) is 0 Å². The number of aliphatic hydroxyl groups is 4. The van der Waals surface area contributed by atoms with Crippen molar-refractivity contribution in [2.45, 2.75) is 150 Å². The van der Waals surface area contributed by atoms with Gasteiger partial charge in [-0.1, -0.05) is 6.92 Å². The van der Waals surface area contributed by atoms with Crippen LogP contribution in [0.15, 0.2) is 15.0 Å². The Balaban J connectivity index is 1.10. The fourth-order valence-corrected chi connectivity index (χ4v) is 15.0. The third kappa shape index (κ3) is 20.5. The van der Waals surface area contributed by atoms with Gasteiger partial charge in [0.05, 0.1) is 103 Å². The van der Waals surface area contributed by atoms with E-state index in [1.165, 1.54) is 34.9 Å². The van der Waals surface area contributed by atoms with Crippen LogP contribution in [0.3, 0.4) is 0 Å². The number of aliphatic imine (C=N–C) groups is 3. The van der Waals surface area contributed by atoms with Crippen LogP contribution in [-0.4, -0.2) is 277 Å². The number of phenolic OH excluding ortho intramolecular Hbond substituents is 3. The molecule has 1 aromatic rings. The Hall–Kier alpha value is -2.11. The van der Waals surface area contributed by atoms with Gasteiger partial charge in [-0.3, -0.25) is 9.98 Å². The van der Waals surface area contributed by atoms with Crippen molar-refractivity contribution < 1.29 is 125 Å². The number of aromatic hydroxyl groups is 3. The minimum Gasteiger partial charge on any atom is -0.504 e. The van der Waals surface area contributed by atoms with Gasteiger partial charge < -0.3 is 147 Å². The molecule has 33 nitrogen and oxygen atoms in total. The van der Waals surface area contributed by atoms with Gasteiger partial charge in [-0.25, -0.2) is 4.99 Å². The lowest BCUT2D eigenvalue weighted by atomic mass is 9.87. The highest BCUT2D eigenvalue weighted by molar-refractivity contribution is 8.08. The number of hydrogen-bond acceptors (Lipinski definition) is 30. The number of nitrogens with one attached hydrogen (secondary N) is 1. The molecule has 5 aliphatic heterocycles. The van der Waals surface area contributed by atoms with Crippen LogP contribution < -0.4 is 27.3 Å². The first-order valence-corrected chi connectivity index (χ1v) is 35.6. The maximum Gasteiger partial charge on any atom is 0.327 e. The van der Waals surface area contributed by atoms with E-state index in [2.05, 4.69) is 20.3 Å². The molecule has 5 saturated heterocycles. The van der Waals surface area contributed by atoms with Gasteiger partial charge >= 0.3 is 20.2 Å². The molecule has 21 unspecified atom stereocenters. The second kappa shape index (κ2) is 34.0. The zero-order valence-electron chi connectivity index (χ0n) is 49.6. The maximum absolute atomic E-state index is 12.6. The van der Waals surface area contributed by atoms with Crippen molar-refractivity contribution in [3.63, 3.8) is 0 Å². The Morgan fingerprint density at radius 1 is 0.719 bits per heavy atom. The van der Waals surface area contributed by atoms with E-state index >= 15 is 0 Å². The molecule has 0 aliphatic carbocycles. The number of ether oxygens (including phenoxy) is 10. The summed E-state index contributed by atoms with van der Waals surface area (Å²) in [5.41, 5.74) is 13.6. The van der Waals surface area contributed by atoms with E-state index in [4.69, 9.17) is 155 Å². The lowest BCUT2D eigenvalue weighted by Gasteiger charge is -2.43. The van der Waals surface area contributed by atoms with Crippen molar-refractivity contribution >= 4 is 108 Å². The number of nitrogens with zero attached hydrogens (tertiary/aromatic N) is 3. The molecule has 5 aliphatic rings. The summed E-state index contributed by atoms with van der Waals surface area (Å²) < 4.78 is 99.5. The van der Waals surface area contributed by atoms with E-state index in [1.54, 1.807) is 6.92 Å². The molecule has 21 atom stereocenters. The molecule has 0 bridgehead atoms. The number of rotatable bonds is 34. The second-order valence-corrected chi connectivity index (χ2v) is 29.3. The fraction of sp³-hybridized carbons (Fsp3) is 0.809. The van der Waals surface area contributed by atoms with Crippen LogP contribution in [-0.2, 0) is 110 Å². The number of benzene rings is 1. The fourth-order valence-electron chi connectivity index (χ4n) is 9.81. The summed E-state index contributed by atoms with van der Waals surface area (Å²) in [6.45, 7) is -6.95. The summed E-state index contributed by atoms with van der Waals surface area (Å²) in [6, 6.07) is -2.37. The predicted octanol–water partition coefficient (Wildman–Crippen LogP) is -1.73. The van der Waals surface area contributed by atoms with Crippen LogP contribution in [0, 0.1) is 5.92 Å².